The summed E-state index contributed by atoms with van der Waals surface area (Å²) in [5.74, 6) is 0.982. The minimum Gasteiger partial charge on any atom is -0.490 e. The maximum absolute atomic E-state index is 12.3. The highest BCUT2D eigenvalue weighted by atomic mass is 16.5. The topological polar surface area (TPSA) is 65.7 Å². The Morgan fingerprint density at radius 3 is 2.35 bits per heavy atom. The molecule has 0 aliphatic rings. The van der Waals surface area contributed by atoms with Crippen molar-refractivity contribution in [3.8, 4) is 22.9 Å². The molecular formula is C25H31N3O3. The molecule has 0 radical (unpaired) electrons. The monoisotopic (exact) mass is 421 g/mol. The van der Waals surface area contributed by atoms with Crippen LogP contribution in [0.3, 0.4) is 0 Å². The zero-order valence-electron chi connectivity index (χ0n) is 18.5. The number of rotatable bonds is 13. The van der Waals surface area contributed by atoms with Gasteiger partial charge in [0, 0.05) is 12.5 Å². The van der Waals surface area contributed by atoms with Crippen molar-refractivity contribution in [1.29, 1.82) is 0 Å². The summed E-state index contributed by atoms with van der Waals surface area (Å²) < 4.78 is 11.1. The number of hydrogen-bond acceptors (Lipinski definition) is 5. The predicted molar refractivity (Wildman–Crippen MR) is 122 cm³/mol. The van der Waals surface area contributed by atoms with E-state index in [1.807, 2.05) is 0 Å². The predicted octanol–water partition coefficient (Wildman–Crippen LogP) is 6.04. The van der Waals surface area contributed by atoms with Crippen LogP contribution in [0, 0.1) is 6.57 Å². The fraction of sp³-hybridized carbons (Fsp3) is 0.440. The fourth-order valence-electron chi connectivity index (χ4n) is 2.96. The van der Waals surface area contributed by atoms with Gasteiger partial charge in [0.1, 0.15) is 5.75 Å². The van der Waals surface area contributed by atoms with Crippen LogP contribution in [0.4, 0.5) is 0 Å². The molecule has 0 unspecified atom stereocenters. The van der Waals surface area contributed by atoms with Crippen LogP contribution >= 0.6 is 0 Å². The molecular weight excluding hydrogens is 390 g/mol. The van der Waals surface area contributed by atoms with Crippen molar-refractivity contribution in [2.45, 2.75) is 64.3 Å². The third kappa shape index (κ3) is 7.53. The van der Waals surface area contributed by atoms with Gasteiger partial charge in [-0.2, -0.15) is 0 Å². The van der Waals surface area contributed by atoms with Crippen LogP contribution in [0.25, 0.3) is 16.2 Å². The molecule has 0 fully saturated rings. The van der Waals surface area contributed by atoms with E-state index in [2.05, 4.69) is 28.3 Å². The summed E-state index contributed by atoms with van der Waals surface area (Å²) in [6.45, 7) is 15.3. The summed E-state index contributed by atoms with van der Waals surface area (Å²) in [5.41, 5.74) is -0.476. The Labute approximate surface area is 185 Å². The molecule has 1 heterocycles. The first kappa shape index (κ1) is 24.1. The number of hydrogen-bond donors (Lipinski definition) is 0. The highest BCUT2D eigenvalue weighted by Gasteiger charge is 2.40. The molecule has 31 heavy (non-hydrogen) atoms. The maximum atomic E-state index is 12.3. The molecule has 1 atom stereocenters. The zero-order chi connectivity index (χ0) is 22.5. The van der Waals surface area contributed by atoms with Crippen LogP contribution in [0.15, 0.2) is 49.3 Å². The van der Waals surface area contributed by atoms with Crippen molar-refractivity contribution >= 4 is 5.97 Å². The van der Waals surface area contributed by atoms with E-state index in [4.69, 9.17) is 16.0 Å². The average molecular weight is 422 g/mol. The second kappa shape index (κ2) is 12.5. The highest BCUT2D eigenvalue weighted by molar-refractivity contribution is 5.84. The number of carbonyl (C=O) groups excluding carboxylic acids is 1. The Morgan fingerprint density at radius 2 is 1.74 bits per heavy atom. The minimum absolute atomic E-state index is 0.231. The molecule has 0 aliphatic carbocycles. The van der Waals surface area contributed by atoms with Gasteiger partial charge in [0.25, 0.3) is 0 Å². The van der Waals surface area contributed by atoms with Crippen LogP contribution < -0.4 is 9.47 Å². The normalized spacial score (nSPS) is 12.4. The Hall–Kier alpha value is -3.20. The molecule has 164 valence electrons. The van der Waals surface area contributed by atoms with E-state index in [1.165, 1.54) is 32.1 Å². The largest absolute Gasteiger partial charge is 0.490 e. The standard InChI is InChI=1S/C25H31N3O3/c1-5-7-8-9-10-11-17-30-22-18-27-23(28-19-22)20-12-14-21(15-13-20)31-24(29)25(3,26-4)16-6-2/h6,12-15,18-19H,2,5,7-11,16-17H2,1,3H3/t25-/m1/s1. The summed E-state index contributed by atoms with van der Waals surface area (Å²) in [7, 11) is 0. The number of aromatic nitrogens is 2. The number of carbonyl (C=O) groups is 1. The first-order valence-electron chi connectivity index (χ1n) is 10.8. The molecule has 0 bridgehead atoms. The molecule has 0 aliphatic heterocycles. The van der Waals surface area contributed by atoms with Crippen LogP contribution in [0.2, 0.25) is 0 Å². The van der Waals surface area contributed by atoms with Crippen LogP contribution in [0.1, 0.15) is 58.8 Å². The molecule has 0 N–H and O–H groups in total. The number of ether oxygens (including phenoxy) is 2. The van der Waals surface area contributed by atoms with Gasteiger partial charge in [0.2, 0.25) is 0 Å². The van der Waals surface area contributed by atoms with Crippen LogP contribution in [0.5, 0.6) is 11.5 Å². The Morgan fingerprint density at radius 1 is 1.10 bits per heavy atom. The summed E-state index contributed by atoms with van der Waals surface area (Å²) >= 11 is 0. The smallest absolute Gasteiger partial charge is 0.398 e. The lowest BCUT2D eigenvalue weighted by Crippen LogP contribution is -2.35. The molecule has 0 saturated heterocycles. The molecule has 1 aromatic carbocycles. The van der Waals surface area contributed by atoms with Crippen molar-refractivity contribution in [3.63, 3.8) is 0 Å². The fourth-order valence-corrected chi connectivity index (χ4v) is 2.96. The van der Waals surface area contributed by atoms with E-state index in [0.717, 1.165) is 12.0 Å². The molecule has 0 saturated carbocycles. The molecule has 6 nitrogen and oxygen atoms in total. The van der Waals surface area contributed by atoms with E-state index >= 15 is 0 Å². The van der Waals surface area contributed by atoms with Gasteiger partial charge < -0.3 is 9.47 Å². The summed E-state index contributed by atoms with van der Waals surface area (Å²) in [5, 5.41) is 0. The summed E-state index contributed by atoms with van der Waals surface area (Å²) in [6.07, 6.45) is 12.4. The lowest BCUT2D eigenvalue weighted by molar-refractivity contribution is -0.138. The van der Waals surface area contributed by atoms with Crippen molar-refractivity contribution < 1.29 is 14.3 Å². The number of benzene rings is 1. The molecule has 1 aromatic heterocycles. The van der Waals surface area contributed by atoms with Gasteiger partial charge in [-0.1, -0.05) is 45.1 Å². The Balaban J connectivity index is 1.86. The zero-order valence-corrected chi connectivity index (χ0v) is 18.5. The van der Waals surface area contributed by atoms with E-state index < -0.39 is 11.5 Å². The molecule has 0 amide bonds. The SMILES string of the molecule is [C-]#[N+][C@](C)(CC=C)C(=O)Oc1ccc(-c2ncc(OCCCCCCCC)cn2)cc1. The Kier molecular flexibility index (Phi) is 9.70. The third-order valence-corrected chi connectivity index (χ3v) is 4.95. The van der Waals surface area contributed by atoms with Gasteiger partial charge in [-0.3, -0.25) is 4.85 Å². The van der Waals surface area contributed by atoms with E-state index in [1.54, 1.807) is 49.7 Å². The average Bonchev–Trinajstić information content (AvgIpc) is 2.79. The van der Waals surface area contributed by atoms with Crippen molar-refractivity contribution in [2.75, 3.05) is 6.61 Å². The van der Waals surface area contributed by atoms with Gasteiger partial charge in [-0.15, -0.1) is 6.58 Å². The van der Waals surface area contributed by atoms with Crippen molar-refractivity contribution in [2.24, 2.45) is 0 Å². The number of esters is 1. The molecule has 0 spiro atoms. The minimum atomic E-state index is -1.27. The van der Waals surface area contributed by atoms with E-state index in [9.17, 15) is 4.79 Å². The number of unbranched alkanes of at least 4 members (excludes halogenated alkanes) is 5. The van der Waals surface area contributed by atoms with Gasteiger partial charge >= 0.3 is 11.5 Å². The summed E-state index contributed by atoms with van der Waals surface area (Å²) in [6, 6.07) is 6.88. The van der Waals surface area contributed by atoms with Crippen molar-refractivity contribution in [3.05, 3.63) is 60.7 Å². The van der Waals surface area contributed by atoms with Gasteiger partial charge in [-0.05, 0) is 30.7 Å². The molecule has 6 heteroatoms. The molecule has 2 rings (SSSR count). The van der Waals surface area contributed by atoms with Crippen LogP contribution in [-0.4, -0.2) is 28.1 Å². The lowest BCUT2D eigenvalue weighted by atomic mass is 9.99. The van der Waals surface area contributed by atoms with Crippen LogP contribution in [-0.2, 0) is 4.79 Å². The Bertz CT molecular complexity index is 872. The first-order chi connectivity index (χ1) is 15.0. The summed E-state index contributed by atoms with van der Waals surface area (Å²) in [4.78, 5) is 24.4. The lowest BCUT2D eigenvalue weighted by Gasteiger charge is -2.13. The quantitative estimate of drug-likeness (QED) is 0.130. The van der Waals surface area contributed by atoms with Crippen molar-refractivity contribution in [1.82, 2.24) is 9.97 Å². The third-order valence-electron chi connectivity index (χ3n) is 4.95. The molecule has 2 aromatic rings. The second-order valence-electron chi connectivity index (χ2n) is 7.65. The van der Waals surface area contributed by atoms with Gasteiger partial charge in [0.15, 0.2) is 11.6 Å². The first-order valence-corrected chi connectivity index (χ1v) is 10.8. The van der Waals surface area contributed by atoms with E-state index in [-0.39, 0.29) is 6.42 Å². The highest BCUT2D eigenvalue weighted by Crippen LogP contribution is 2.24. The second-order valence-corrected chi connectivity index (χ2v) is 7.65. The maximum Gasteiger partial charge on any atom is 0.398 e. The van der Waals surface area contributed by atoms with E-state index in [0.29, 0.717) is 23.9 Å². The number of nitrogens with zero attached hydrogens (tertiary/aromatic N) is 3. The van der Waals surface area contributed by atoms with Gasteiger partial charge in [-0.25, -0.2) is 21.3 Å². The van der Waals surface area contributed by atoms with Gasteiger partial charge in [0.05, 0.1) is 25.4 Å².